The highest BCUT2D eigenvalue weighted by molar-refractivity contribution is 5.99. The number of Topliss-reactive ketones (excluding diaryl/α,β-unsaturated/α-hetero) is 1. The molecule has 0 bridgehead atoms. The molecule has 0 saturated heterocycles. The third-order valence-corrected chi connectivity index (χ3v) is 22.5. The van der Waals surface area contributed by atoms with Crippen molar-refractivity contribution in [2.24, 2.45) is 23.7 Å². The molecule has 3 fully saturated rings. The van der Waals surface area contributed by atoms with Crippen LogP contribution >= 0.6 is 0 Å². The third kappa shape index (κ3) is 36.0. The number of ether oxygens (including phenoxy) is 10. The van der Waals surface area contributed by atoms with Gasteiger partial charge in [-0.3, -0.25) is 4.79 Å². The molecule has 9 rings (SSSR count). The summed E-state index contributed by atoms with van der Waals surface area (Å²) < 4.78 is 58.4. The Labute approximate surface area is 662 Å². The second-order valence-corrected chi connectivity index (χ2v) is 31.0. The van der Waals surface area contributed by atoms with E-state index in [2.05, 4.69) is 175 Å². The first-order valence-electron chi connectivity index (χ1n) is 42.9. The van der Waals surface area contributed by atoms with Gasteiger partial charge in [-0.15, -0.1) is 0 Å². The fourth-order valence-electron chi connectivity index (χ4n) is 13.9. The summed E-state index contributed by atoms with van der Waals surface area (Å²) in [6, 6.07) is 49.4. The Morgan fingerprint density at radius 1 is 0.367 bits per heavy atom. The first-order chi connectivity index (χ1) is 52.8. The van der Waals surface area contributed by atoms with E-state index in [-0.39, 0.29) is 30.9 Å². The molecule has 12 heteroatoms. The van der Waals surface area contributed by atoms with E-state index in [0.717, 1.165) is 103 Å². The summed E-state index contributed by atoms with van der Waals surface area (Å²) in [5.41, 5.74) is 8.00. The fraction of sp³-hybridized carbons (Fsp3) is 0.619. The van der Waals surface area contributed by atoms with Gasteiger partial charge in [0, 0.05) is 31.6 Å². The van der Waals surface area contributed by atoms with Crippen molar-refractivity contribution in [1.82, 2.24) is 0 Å². The van der Waals surface area contributed by atoms with Gasteiger partial charge in [0.1, 0.15) is 35.4 Å². The summed E-state index contributed by atoms with van der Waals surface area (Å²) >= 11 is 0. The van der Waals surface area contributed by atoms with Gasteiger partial charge in [0.2, 0.25) is 6.29 Å². The number of aliphatic hydroxyl groups is 1. The molecule has 0 radical (unpaired) electrons. The van der Waals surface area contributed by atoms with E-state index in [1.807, 2.05) is 69.3 Å². The molecule has 3 saturated carbocycles. The lowest BCUT2D eigenvalue weighted by atomic mass is 9.83. The van der Waals surface area contributed by atoms with Crippen molar-refractivity contribution < 1.29 is 57.3 Å². The predicted octanol–water partition coefficient (Wildman–Crippen LogP) is 26.8. The maximum absolute atomic E-state index is 11.9. The number of aliphatic hydroxyl groups excluding tert-OH is 1. The number of benzene rings is 6. The Hall–Kier alpha value is -6.25. The second-order valence-electron chi connectivity index (χ2n) is 31.0. The number of rotatable bonds is 40. The van der Waals surface area contributed by atoms with Crippen molar-refractivity contribution in [3.05, 3.63) is 185 Å². The van der Waals surface area contributed by atoms with Crippen LogP contribution in [0.25, 0.3) is 0 Å². The van der Waals surface area contributed by atoms with E-state index in [1.165, 1.54) is 144 Å². The molecule has 0 aliphatic heterocycles. The number of hydrogen-bond donors (Lipinski definition) is 1. The van der Waals surface area contributed by atoms with E-state index >= 15 is 0 Å². The van der Waals surface area contributed by atoms with Crippen molar-refractivity contribution in [2.45, 2.75) is 326 Å². The molecular weight excluding hydrogens is 1360 g/mol. The zero-order valence-corrected chi connectivity index (χ0v) is 70.9. The largest absolute Gasteiger partial charge is 0.465 e. The normalized spacial score (nSPS) is 18.0. The van der Waals surface area contributed by atoms with E-state index in [1.54, 1.807) is 19.1 Å². The van der Waals surface area contributed by atoms with Crippen molar-refractivity contribution in [1.29, 1.82) is 0 Å². The van der Waals surface area contributed by atoms with Crippen molar-refractivity contribution in [3.8, 4) is 28.7 Å². The zero-order valence-electron chi connectivity index (χ0n) is 70.9. The number of ketones is 1. The first-order valence-corrected chi connectivity index (χ1v) is 42.9. The molecule has 0 amide bonds. The third-order valence-electron chi connectivity index (χ3n) is 22.5. The molecule has 109 heavy (non-hydrogen) atoms. The van der Waals surface area contributed by atoms with Gasteiger partial charge >= 0.3 is 0 Å². The SMILES string of the molecule is CCC(C)c1ccc(OC(C)OCCC2CCCCC2)cc1.CCC(OCC1CCC(C)CC1)Oc1ccc(C(C)CC)cc1.CCC(OCCC1CCCCC1)Oc1ccc(C(C)CC)cc1.CCOC(C)Oc1ccc(C(C)CC)cc1C(=O)CO.CCOC(Oc1ccc(C(C)CC)cc1)c1ccccc1. The van der Waals surface area contributed by atoms with Gasteiger partial charge in [-0.25, -0.2) is 0 Å². The Balaban J connectivity index is 0.000000244. The Kier molecular flexibility index (Phi) is 46.6. The Morgan fingerprint density at radius 3 is 1.17 bits per heavy atom. The highest BCUT2D eigenvalue weighted by Crippen LogP contribution is 2.34. The van der Waals surface area contributed by atoms with Crippen LogP contribution in [-0.2, 0) is 23.7 Å². The highest BCUT2D eigenvalue weighted by Gasteiger charge is 2.23. The van der Waals surface area contributed by atoms with Gasteiger partial charge in [-0.05, 0) is 227 Å². The molecule has 12 nitrogen and oxygen atoms in total. The zero-order chi connectivity index (χ0) is 79.1. The van der Waals surface area contributed by atoms with Crippen LogP contribution in [0, 0.1) is 23.7 Å². The summed E-state index contributed by atoms with van der Waals surface area (Å²) in [7, 11) is 0. The summed E-state index contributed by atoms with van der Waals surface area (Å²) in [6.45, 7) is 39.4. The van der Waals surface area contributed by atoms with E-state index in [4.69, 9.17) is 52.5 Å². The Morgan fingerprint density at radius 2 is 0.752 bits per heavy atom. The molecular formula is C97H148O12. The van der Waals surface area contributed by atoms with Crippen LogP contribution in [0.1, 0.15) is 345 Å². The molecule has 0 aromatic heterocycles. The maximum atomic E-state index is 11.9. The van der Waals surface area contributed by atoms with E-state index in [0.29, 0.717) is 54.1 Å². The maximum Gasteiger partial charge on any atom is 0.226 e. The fourth-order valence-corrected chi connectivity index (χ4v) is 13.9. The minimum atomic E-state index is -0.524. The quantitative estimate of drug-likeness (QED) is 0.0290. The molecule has 0 heterocycles. The molecule has 10 atom stereocenters. The average Bonchev–Trinajstić information content (AvgIpc) is 0.831. The van der Waals surface area contributed by atoms with Crippen molar-refractivity contribution >= 4 is 5.78 Å². The summed E-state index contributed by atoms with van der Waals surface area (Å²) in [5, 5.41) is 9.10. The Bertz CT molecular complexity index is 3230. The number of carbonyl (C=O) groups is 1. The lowest BCUT2D eigenvalue weighted by Gasteiger charge is -2.27. The first kappa shape index (κ1) is 93.4. The summed E-state index contributed by atoms with van der Waals surface area (Å²) in [6.07, 6.45) is 27.9. The highest BCUT2D eigenvalue weighted by atomic mass is 16.7. The lowest BCUT2D eigenvalue weighted by molar-refractivity contribution is -0.0966. The standard InChI is InChI=1S/2C21H34O2.C20H32O2.C19H24O2.C16H24O4/c1-5-17(4)19-11-13-20(14-12-19)23-21(6-2)22-15-18-9-7-16(3)8-10-18;1-4-17(3)19-11-13-20(14-12-19)23-21(5-2)22-16-15-18-9-7-6-8-10-18;1-4-16(2)19-10-12-20(13-11-19)22-17(3)21-15-14-18-8-6-5-7-9-18;1-4-15(3)16-11-13-18(14-12-16)21-19(20-5-2)17-9-7-6-8-10-17;1-5-11(3)13-7-8-16(20-12(4)19-6-2)14(9-13)15(18)10-17/h11-14,16-18,21H,5-10,15H2,1-4H3;11-14,17-18,21H,4-10,15-16H2,1-3H3;10-13,16-18H,4-9,14-15H2,1-3H3;6-15,19H,4-5H2,1-3H3;7-9,11-12,17H,5-6,10H2,1-4H3. The van der Waals surface area contributed by atoms with Crippen LogP contribution < -0.4 is 23.7 Å². The molecule has 6 aromatic carbocycles. The predicted molar refractivity (Wildman–Crippen MR) is 451 cm³/mol. The van der Waals surface area contributed by atoms with Crippen molar-refractivity contribution in [2.75, 3.05) is 39.6 Å². The molecule has 3 aliphatic carbocycles. The molecule has 0 spiro atoms. The molecule has 3 aliphatic rings. The number of hydrogen-bond acceptors (Lipinski definition) is 12. The minimum Gasteiger partial charge on any atom is -0.465 e. The second kappa shape index (κ2) is 54.4. The van der Waals surface area contributed by atoms with Crippen LogP contribution in [0.5, 0.6) is 28.7 Å². The van der Waals surface area contributed by atoms with E-state index in [9.17, 15) is 4.79 Å². The number of carbonyl (C=O) groups excluding carboxylic acids is 1. The van der Waals surface area contributed by atoms with Crippen LogP contribution in [0.3, 0.4) is 0 Å². The monoisotopic (exact) mass is 1510 g/mol. The van der Waals surface area contributed by atoms with Gasteiger partial charge in [0.15, 0.2) is 30.9 Å². The summed E-state index contributed by atoms with van der Waals surface area (Å²) in [5.74, 6) is 9.81. The van der Waals surface area contributed by atoms with Gasteiger partial charge in [-0.2, -0.15) is 0 Å². The van der Waals surface area contributed by atoms with Gasteiger partial charge in [0.25, 0.3) is 0 Å². The van der Waals surface area contributed by atoms with Crippen LogP contribution in [0.15, 0.2) is 146 Å². The molecule has 10 unspecified atom stereocenters. The van der Waals surface area contributed by atoms with Crippen LogP contribution in [0.2, 0.25) is 0 Å². The minimum absolute atomic E-state index is 0.118. The molecule has 6 aromatic rings. The summed E-state index contributed by atoms with van der Waals surface area (Å²) in [4.78, 5) is 11.9. The van der Waals surface area contributed by atoms with Gasteiger partial charge in [0.05, 0.1) is 25.4 Å². The van der Waals surface area contributed by atoms with Gasteiger partial charge < -0.3 is 52.5 Å². The van der Waals surface area contributed by atoms with E-state index < -0.39 is 12.9 Å². The average molecular weight is 1510 g/mol. The van der Waals surface area contributed by atoms with Crippen LogP contribution in [0.4, 0.5) is 0 Å². The van der Waals surface area contributed by atoms with Crippen LogP contribution in [-0.4, -0.2) is 75.7 Å². The van der Waals surface area contributed by atoms with Crippen molar-refractivity contribution in [3.63, 3.8) is 0 Å². The molecule has 1 N–H and O–H groups in total. The smallest absolute Gasteiger partial charge is 0.226 e. The lowest BCUT2D eigenvalue weighted by Crippen LogP contribution is -2.25. The topological polar surface area (TPSA) is 130 Å². The van der Waals surface area contributed by atoms with Gasteiger partial charge in [-0.1, -0.05) is 252 Å². The molecule has 608 valence electrons.